The van der Waals surface area contributed by atoms with Crippen LogP contribution >= 0.6 is 0 Å². The molecule has 1 aromatic rings. The molecule has 0 aromatic carbocycles. The fraction of sp³-hybridized carbons (Fsp3) is 0.600. The van der Waals surface area contributed by atoms with Crippen molar-refractivity contribution in [2.75, 3.05) is 7.05 Å². The van der Waals surface area contributed by atoms with Crippen LogP contribution in [0.5, 0.6) is 0 Å². The lowest BCUT2D eigenvalue weighted by molar-refractivity contribution is 0.594. The topological polar surface area (TPSA) is 17.0 Å². The van der Waals surface area contributed by atoms with E-state index in [1.807, 2.05) is 7.05 Å². The second-order valence-electron chi connectivity index (χ2n) is 3.50. The fourth-order valence-electron chi connectivity index (χ4n) is 1.17. The number of hydrogen-bond acceptors (Lipinski definition) is 1. The number of rotatable bonds is 3. The monoisotopic (exact) mass is 166 g/mol. The van der Waals surface area contributed by atoms with Crippen molar-refractivity contribution in [3.05, 3.63) is 24.0 Å². The Morgan fingerprint density at radius 3 is 2.42 bits per heavy atom. The van der Waals surface area contributed by atoms with Gasteiger partial charge in [0.15, 0.2) is 0 Å². The Morgan fingerprint density at radius 2 is 2.00 bits per heavy atom. The minimum Gasteiger partial charge on any atom is -0.351 e. The average molecular weight is 166 g/mol. The third kappa shape index (κ3) is 1.89. The smallest absolute Gasteiger partial charge is 0.0304 e. The summed E-state index contributed by atoms with van der Waals surface area (Å²) < 4.78 is 2.23. The first-order chi connectivity index (χ1) is 5.65. The molecule has 0 bridgehead atoms. The normalized spacial score (nSPS) is 13.8. The van der Waals surface area contributed by atoms with E-state index in [0.717, 1.165) is 0 Å². The van der Waals surface area contributed by atoms with Gasteiger partial charge in [0.25, 0.3) is 0 Å². The number of aromatic nitrogens is 1. The van der Waals surface area contributed by atoms with Crippen molar-refractivity contribution in [1.29, 1.82) is 0 Å². The highest BCUT2D eigenvalue weighted by Gasteiger charge is 2.04. The van der Waals surface area contributed by atoms with E-state index in [2.05, 4.69) is 49.1 Å². The SMILES string of the molecule is CNC(C)c1ccn(C(C)C)c1. The Labute approximate surface area is 74.6 Å². The molecule has 0 aliphatic heterocycles. The Balaban J connectivity index is 2.77. The molecule has 2 nitrogen and oxygen atoms in total. The molecule has 1 N–H and O–H groups in total. The summed E-state index contributed by atoms with van der Waals surface area (Å²) in [6, 6.07) is 3.18. The second kappa shape index (κ2) is 3.76. The average Bonchev–Trinajstić information content (AvgIpc) is 2.51. The van der Waals surface area contributed by atoms with Crippen LogP contribution in [-0.2, 0) is 0 Å². The predicted octanol–water partition coefficient (Wildman–Crippen LogP) is 2.35. The molecule has 0 aliphatic carbocycles. The van der Waals surface area contributed by atoms with Crippen molar-refractivity contribution in [3.63, 3.8) is 0 Å². The second-order valence-corrected chi connectivity index (χ2v) is 3.50. The van der Waals surface area contributed by atoms with Gasteiger partial charge in [-0.15, -0.1) is 0 Å². The van der Waals surface area contributed by atoms with Gasteiger partial charge in [0.2, 0.25) is 0 Å². The molecule has 0 spiro atoms. The zero-order valence-corrected chi connectivity index (χ0v) is 8.33. The van der Waals surface area contributed by atoms with E-state index < -0.39 is 0 Å². The Morgan fingerprint density at radius 1 is 1.33 bits per heavy atom. The van der Waals surface area contributed by atoms with Crippen molar-refractivity contribution in [2.24, 2.45) is 0 Å². The van der Waals surface area contributed by atoms with Crippen LogP contribution < -0.4 is 5.32 Å². The summed E-state index contributed by atoms with van der Waals surface area (Å²) >= 11 is 0. The summed E-state index contributed by atoms with van der Waals surface area (Å²) in [6.07, 6.45) is 4.33. The zero-order chi connectivity index (χ0) is 9.14. The van der Waals surface area contributed by atoms with Crippen molar-refractivity contribution in [2.45, 2.75) is 32.9 Å². The summed E-state index contributed by atoms with van der Waals surface area (Å²) in [6.45, 7) is 6.54. The van der Waals surface area contributed by atoms with Gasteiger partial charge in [-0.25, -0.2) is 0 Å². The van der Waals surface area contributed by atoms with E-state index in [1.165, 1.54) is 5.56 Å². The maximum atomic E-state index is 3.22. The van der Waals surface area contributed by atoms with Gasteiger partial charge in [0.05, 0.1) is 0 Å². The van der Waals surface area contributed by atoms with Crippen LogP contribution in [0.4, 0.5) is 0 Å². The molecule has 1 atom stereocenters. The van der Waals surface area contributed by atoms with E-state index in [9.17, 15) is 0 Å². The molecular formula is C10H18N2. The molecule has 2 heteroatoms. The molecule has 0 saturated heterocycles. The number of hydrogen-bond donors (Lipinski definition) is 1. The quantitative estimate of drug-likeness (QED) is 0.729. The lowest BCUT2D eigenvalue weighted by Gasteiger charge is -2.08. The van der Waals surface area contributed by atoms with Crippen molar-refractivity contribution in [1.82, 2.24) is 9.88 Å². The van der Waals surface area contributed by atoms with Crippen LogP contribution in [0.3, 0.4) is 0 Å². The van der Waals surface area contributed by atoms with Crippen LogP contribution in [0, 0.1) is 0 Å². The predicted molar refractivity (Wildman–Crippen MR) is 52.3 cm³/mol. The van der Waals surface area contributed by atoms with Gasteiger partial charge in [-0.3, -0.25) is 0 Å². The standard InChI is InChI=1S/C10H18N2/c1-8(2)12-6-5-10(7-12)9(3)11-4/h5-9,11H,1-4H3. The Hall–Kier alpha value is -0.760. The minimum absolute atomic E-state index is 0.449. The van der Waals surface area contributed by atoms with E-state index >= 15 is 0 Å². The summed E-state index contributed by atoms with van der Waals surface area (Å²) in [5.41, 5.74) is 1.35. The fourth-order valence-corrected chi connectivity index (χ4v) is 1.17. The van der Waals surface area contributed by atoms with Crippen molar-refractivity contribution >= 4 is 0 Å². The Kier molecular flexibility index (Phi) is 2.93. The molecule has 0 fully saturated rings. The number of nitrogens with one attached hydrogen (secondary N) is 1. The van der Waals surface area contributed by atoms with Crippen molar-refractivity contribution in [3.8, 4) is 0 Å². The van der Waals surface area contributed by atoms with E-state index in [-0.39, 0.29) is 0 Å². The molecule has 0 amide bonds. The molecule has 0 saturated carbocycles. The van der Waals surface area contributed by atoms with E-state index in [0.29, 0.717) is 12.1 Å². The maximum absolute atomic E-state index is 3.22. The van der Waals surface area contributed by atoms with E-state index in [4.69, 9.17) is 0 Å². The minimum atomic E-state index is 0.449. The first-order valence-corrected chi connectivity index (χ1v) is 4.49. The molecule has 1 rings (SSSR count). The summed E-state index contributed by atoms with van der Waals surface area (Å²) in [5.74, 6) is 0. The van der Waals surface area contributed by atoms with Gasteiger partial charge in [-0.2, -0.15) is 0 Å². The third-order valence-corrected chi connectivity index (χ3v) is 2.27. The first-order valence-electron chi connectivity index (χ1n) is 4.49. The van der Waals surface area contributed by atoms with Crippen LogP contribution in [0.25, 0.3) is 0 Å². The molecule has 1 aromatic heterocycles. The molecule has 0 radical (unpaired) electrons. The van der Waals surface area contributed by atoms with Crippen LogP contribution in [-0.4, -0.2) is 11.6 Å². The highest BCUT2D eigenvalue weighted by Crippen LogP contribution is 2.14. The highest BCUT2D eigenvalue weighted by molar-refractivity contribution is 5.14. The van der Waals surface area contributed by atoms with Crippen LogP contribution in [0.1, 0.15) is 38.4 Å². The zero-order valence-electron chi connectivity index (χ0n) is 8.33. The van der Waals surface area contributed by atoms with Gasteiger partial charge >= 0.3 is 0 Å². The lowest BCUT2D eigenvalue weighted by Crippen LogP contribution is -2.11. The van der Waals surface area contributed by atoms with Gasteiger partial charge in [-0.1, -0.05) is 0 Å². The lowest BCUT2D eigenvalue weighted by atomic mass is 10.2. The van der Waals surface area contributed by atoms with Gasteiger partial charge in [-0.05, 0) is 39.4 Å². The molecule has 68 valence electrons. The first kappa shape index (κ1) is 9.33. The summed E-state index contributed by atoms with van der Waals surface area (Å²) in [5, 5.41) is 3.22. The maximum Gasteiger partial charge on any atom is 0.0304 e. The van der Waals surface area contributed by atoms with Gasteiger partial charge in [0, 0.05) is 24.5 Å². The van der Waals surface area contributed by atoms with E-state index in [1.54, 1.807) is 0 Å². The molecule has 1 heterocycles. The highest BCUT2D eigenvalue weighted by atomic mass is 15.0. The van der Waals surface area contributed by atoms with Gasteiger partial charge < -0.3 is 9.88 Å². The largest absolute Gasteiger partial charge is 0.351 e. The van der Waals surface area contributed by atoms with Crippen molar-refractivity contribution < 1.29 is 0 Å². The van der Waals surface area contributed by atoms with Crippen LogP contribution in [0.15, 0.2) is 18.5 Å². The Bertz CT molecular complexity index is 238. The summed E-state index contributed by atoms with van der Waals surface area (Å²) in [4.78, 5) is 0. The molecule has 12 heavy (non-hydrogen) atoms. The number of nitrogens with zero attached hydrogens (tertiary/aromatic N) is 1. The summed E-state index contributed by atoms with van der Waals surface area (Å²) in [7, 11) is 1.98. The molecule has 1 unspecified atom stereocenters. The third-order valence-electron chi connectivity index (χ3n) is 2.27. The van der Waals surface area contributed by atoms with Crippen LogP contribution in [0.2, 0.25) is 0 Å². The molecule has 0 aliphatic rings. The van der Waals surface area contributed by atoms with Gasteiger partial charge in [0.1, 0.15) is 0 Å². The molecular weight excluding hydrogens is 148 g/mol.